The molecule has 0 atom stereocenters. The number of anilines is 1. The lowest BCUT2D eigenvalue weighted by Gasteiger charge is -2.36. The Kier molecular flexibility index (Phi) is 6.60. The van der Waals surface area contributed by atoms with Gasteiger partial charge in [0.25, 0.3) is 0 Å². The molecule has 1 aliphatic rings. The molecular weight excluding hydrogens is 358 g/mol. The summed E-state index contributed by atoms with van der Waals surface area (Å²) in [5, 5.41) is 2.49. The van der Waals surface area contributed by atoms with E-state index in [1.54, 1.807) is 21.3 Å². The van der Waals surface area contributed by atoms with Crippen LogP contribution >= 0.6 is 0 Å². The minimum Gasteiger partial charge on any atom is -0.493 e. The second-order valence-electron chi connectivity index (χ2n) is 6.56. The Bertz CT molecular complexity index is 804. The highest BCUT2D eigenvalue weighted by atomic mass is 16.6. The molecule has 7 nitrogen and oxygen atoms in total. The summed E-state index contributed by atoms with van der Waals surface area (Å²) in [6.07, 6.45) is -0.459. The first-order chi connectivity index (χ1) is 13.6. The number of ether oxygens (including phenoxy) is 3. The van der Waals surface area contributed by atoms with Crippen molar-refractivity contribution in [3.63, 3.8) is 0 Å². The smallest absolute Gasteiger partial charge is 0.412 e. The second-order valence-corrected chi connectivity index (χ2v) is 6.56. The van der Waals surface area contributed by atoms with Crippen molar-refractivity contribution < 1.29 is 19.0 Å². The third kappa shape index (κ3) is 4.67. The fraction of sp³-hybridized carbons (Fsp3) is 0.381. The van der Waals surface area contributed by atoms with Gasteiger partial charge in [0.2, 0.25) is 0 Å². The molecule has 1 fully saturated rings. The molecule has 7 heteroatoms. The lowest BCUT2D eigenvalue weighted by molar-refractivity contribution is 0.202. The molecule has 0 spiro atoms. The number of nitrogens with zero attached hydrogens (tertiary/aromatic N) is 2. The minimum atomic E-state index is -0.459. The van der Waals surface area contributed by atoms with Gasteiger partial charge < -0.3 is 24.4 Å². The van der Waals surface area contributed by atoms with E-state index in [9.17, 15) is 4.79 Å². The molecule has 0 bridgehead atoms. The molecule has 1 N–H and O–H groups in total. The topological polar surface area (TPSA) is 63.3 Å². The Morgan fingerprint density at radius 1 is 0.964 bits per heavy atom. The maximum absolute atomic E-state index is 11.6. The lowest BCUT2D eigenvalue weighted by atomic mass is 10.1. The number of rotatable bonds is 6. The number of carbonyl (C=O) groups is 1. The van der Waals surface area contributed by atoms with Crippen LogP contribution in [-0.2, 0) is 6.54 Å². The summed E-state index contributed by atoms with van der Waals surface area (Å²) in [6.45, 7) is 4.42. The lowest BCUT2D eigenvalue weighted by Crippen LogP contribution is -2.46. The molecular formula is C21H27N3O4. The zero-order valence-electron chi connectivity index (χ0n) is 16.6. The zero-order valence-corrected chi connectivity index (χ0v) is 16.6. The monoisotopic (exact) mass is 385 g/mol. The van der Waals surface area contributed by atoms with E-state index in [-0.39, 0.29) is 0 Å². The molecule has 0 aromatic heterocycles. The largest absolute Gasteiger partial charge is 0.493 e. The van der Waals surface area contributed by atoms with E-state index >= 15 is 0 Å². The van der Waals surface area contributed by atoms with Crippen LogP contribution in [0.2, 0.25) is 0 Å². The van der Waals surface area contributed by atoms with Gasteiger partial charge in [0, 0.05) is 39.8 Å². The Morgan fingerprint density at radius 2 is 1.68 bits per heavy atom. The predicted molar refractivity (Wildman–Crippen MR) is 109 cm³/mol. The predicted octanol–water partition coefficient (Wildman–Crippen LogP) is 2.74. The SMILES string of the molecule is CNC(=O)Oc1ccccc1N1CCN(Cc2ccc(OC)c(OC)c2)CC1. The van der Waals surface area contributed by atoms with Gasteiger partial charge >= 0.3 is 6.09 Å². The molecule has 28 heavy (non-hydrogen) atoms. The number of amides is 1. The Morgan fingerprint density at radius 3 is 2.36 bits per heavy atom. The van der Waals surface area contributed by atoms with Crippen LogP contribution in [0.3, 0.4) is 0 Å². The Balaban J connectivity index is 1.62. The van der Waals surface area contributed by atoms with Gasteiger partial charge in [0.15, 0.2) is 17.2 Å². The van der Waals surface area contributed by atoms with Crippen LogP contribution in [0.5, 0.6) is 17.2 Å². The summed E-state index contributed by atoms with van der Waals surface area (Å²) >= 11 is 0. The summed E-state index contributed by atoms with van der Waals surface area (Å²) in [5.74, 6) is 2.07. The van der Waals surface area contributed by atoms with Crippen LogP contribution in [0.15, 0.2) is 42.5 Å². The van der Waals surface area contributed by atoms with Crippen molar-refractivity contribution in [2.45, 2.75) is 6.54 Å². The molecule has 1 aliphatic heterocycles. The van der Waals surface area contributed by atoms with Crippen LogP contribution < -0.4 is 24.4 Å². The average Bonchev–Trinajstić information content (AvgIpc) is 2.74. The minimum absolute atomic E-state index is 0.459. The molecule has 3 rings (SSSR count). The fourth-order valence-electron chi connectivity index (χ4n) is 3.34. The van der Waals surface area contributed by atoms with E-state index in [4.69, 9.17) is 14.2 Å². The van der Waals surface area contributed by atoms with E-state index in [1.807, 2.05) is 36.4 Å². The Hall–Kier alpha value is -2.93. The summed E-state index contributed by atoms with van der Waals surface area (Å²) < 4.78 is 16.1. The highest BCUT2D eigenvalue weighted by molar-refractivity contribution is 5.73. The van der Waals surface area contributed by atoms with E-state index < -0.39 is 6.09 Å². The number of hydrogen-bond acceptors (Lipinski definition) is 6. The first-order valence-electron chi connectivity index (χ1n) is 9.31. The summed E-state index contributed by atoms with van der Waals surface area (Å²) in [7, 11) is 4.85. The van der Waals surface area contributed by atoms with Crippen molar-refractivity contribution in [1.29, 1.82) is 0 Å². The van der Waals surface area contributed by atoms with E-state index in [1.165, 1.54) is 5.56 Å². The van der Waals surface area contributed by atoms with E-state index in [0.29, 0.717) is 5.75 Å². The van der Waals surface area contributed by atoms with Crippen LogP contribution in [0.25, 0.3) is 0 Å². The Labute approximate surface area is 165 Å². The van der Waals surface area contributed by atoms with Gasteiger partial charge in [-0.2, -0.15) is 0 Å². The van der Waals surface area contributed by atoms with Crippen LogP contribution in [-0.4, -0.2) is 58.4 Å². The fourth-order valence-corrected chi connectivity index (χ4v) is 3.34. The molecule has 1 heterocycles. The molecule has 0 aliphatic carbocycles. The first-order valence-corrected chi connectivity index (χ1v) is 9.31. The average molecular weight is 385 g/mol. The summed E-state index contributed by atoms with van der Waals surface area (Å²) in [4.78, 5) is 16.2. The number of nitrogens with one attached hydrogen (secondary N) is 1. The molecule has 1 amide bonds. The molecule has 0 unspecified atom stereocenters. The second kappa shape index (κ2) is 9.32. The summed E-state index contributed by atoms with van der Waals surface area (Å²) in [5.41, 5.74) is 2.13. The third-order valence-electron chi connectivity index (χ3n) is 4.84. The third-order valence-corrected chi connectivity index (χ3v) is 4.84. The van der Waals surface area contributed by atoms with Crippen molar-refractivity contribution in [2.24, 2.45) is 0 Å². The van der Waals surface area contributed by atoms with Gasteiger partial charge in [-0.25, -0.2) is 4.79 Å². The van der Waals surface area contributed by atoms with Crippen LogP contribution in [0.4, 0.5) is 10.5 Å². The maximum Gasteiger partial charge on any atom is 0.412 e. The van der Waals surface area contributed by atoms with E-state index in [0.717, 1.165) is 49.9 Å². The van der Waals surface area contributed by atoms with Crippen LogP contribution in [0, 0.1) is 0 Å². The number of para-hydroxylation sites is 2. The van der Waals surface area contributed by atoms with Crippen molar-refractivity contribution >= 4 is 11.8 Å². The van der Waals surface area contributed by atoms with Gasteiger partial charge in [-0.3, -0.25) is 4.90 Å². The normalized spacial score (nSPS) is 14.5. The number of piperazine rings is 1. The molecule has 2 aromatic carbocycles. The molecule has 150 valence electrons. The summed E-state index contributed by atoms with van der Waals surface area (Å²) in [6, 6.07) is 13.7. The molecule has 0 saturated carbocycles. The molecule has 2 aromatic rings. The van der Waals surface area contributed by atoms with E-state index in [2.05, 4.69) is 21.2 Å². The molecule has 0 radical (unpaired) electrons. The molecule has 1 saturated heterocycles. The maximum atomic E-state index is 11.6. The van der Waals surface area contributed by atoms with Crippen molar-refractivity contribution in [1.82, 2.24) is 10.2 Å². The number of methoxy groups -OCH3 is 2. The van der Waals surface area contributed by atoms with Gasteiger partial charge in [0.05, 0.1) is 19.9 Å². The van der Waals surface area contributed by atoms with Gasteiger partial charge in [-0.15, -0.1) is 0 Å². The van der Waals surface area contributed by atoms with Gasteiger partial charge in [-0.05, 0) is 29.8 Å². The van der Waals surface area contributed by atoms with Crippen molar-refractivity contribution in [2.75, 3.05) is 52.3 Å². The van der Waals surface area contributed by atoms with Crippen molar-refractivity contribution in [3.8, 4) is 17.2 Å². The quantitative estimate of drug-likeness (QED) is 0.825. The zero-order chi connectivity index (χ0) is 19.9. The highest BCUT2D eigenvalue weighted by Crippen LogP contribution is 2.30. The van der Waals surface area contributed by atoms with Crippen molar-refractivity contribution in [3.05, 3.63) is 48.0 Å². The highest BCUT2D eigenvalue weighted by Gasteiger charge is 2.21. The first kappa shape index (κ1) is 19.8. The number of hydrogen-bond donors (Lipinski definition) is 1. The number of carbonyl (C=O) groups excluding carboxylic acids is 1. The van der Waals surface area contributed by atoms with Crippen LogP contribution in [0.1, 0.15) is 5.56 Å². The van der Waals surface area contributed by atoms with Gasteiger partial charge in [0.1, 0.15) is 0 Å². The van der Waals surface area contributed by atoms with Gasteiger partial charge in [-0.1, -0.05) is 18.2 Å². The standard InChI is InChI=1S/C21H27N3O4/c1-22-21(25)28-18-7-5-4-6-17(18)24-12-10-23(11-13-24)15-16-8-9-19(26-2)20(14-16)27-3/h4-9,14H,10-13,15H2,1-3H3,(H,22,25). The number of benzene rings is 2.